The van der Waals surface area contributed by atoms with E-state index in [2.05, 4.69) is 25.6 Å². The molecular formula is C12H10BrCl2N3O2S. The molecule has 0 radical (unpaired) electrons. The van der Waals surface area contributed by atoms with Gasteiger partial charge in [-0.1, -0.05) is 23.2 Å². The predicted octanol–water partition coefficient (Wildman–Crippen LogP) is 3.84. The first-order valence-corrected chi connectivity index (χ1v) is 8.63. The summed E-state index contributed by atoms with van der Waals surface area (Å²) in [5, 5.41) is 0.517. The van der Waals surface area contributed by atoms with E-state index in [0.29, 0.717) is 15.2 Å². The minimum atomic E-state index is -3.85. The lowest BCUT2D eigenvalue weighted by molar-refractivity contribution is 0.601. The van der Waals surface area contributed by atoms with Crippen molar-refractivity contribution in [2.24, 2.45) is 0 Å². The van der Waals surface area contributed by atoms with E-state index < -0.39 is 10.0 Å². The Morgan fingerprint density at radius 2 is 1.90 bits per heavy atom. The van der Waals surface area contributed by atoms with Crippen molar-refractivity contribution in [2.75, 3.05) is 10.5 Å². The van der Waals surface area contributed by atoms with E-state index in [-0.39, 0.29) is 15.7 Å². The van der Waals surface area contributed by atoms with Gasteiger partial charge in [0, 0.05) is 15.7 Å². The summed E-state index contributed by atoms with van der Waals surface area (Å²) in [6, 6.07) is 4.47. The quantitative estimate of drug-likeness (QED) is 0.804. The van der Waals surface area contributed by atoms with Crippen LogP contribution < -0.4 is 10.5 Å². The van der Waals surface area contributed by atoms with Crippen molar-refractivity contribution in [3.05, 3.63) is 44.5 Å². The molecule has 0 aliphatic carbocycles. The Morgan fingerprint density at radius 3 is 2.52 bits per heavy atom. The molecule has 21 heavy (non-hydrogen) atoms. The summed E-state index contributed by atoms with van der Waals surface area (Å²) in [5.41, 5.74) is 6.60. The van der Waals surface area contributed by atoms with Crippen LogP contribution >= 0.6 is 39.1 Å². The van der Waals surface area contributed by atoms with E-state index in [1.165, 1.54) is 12.1 Å². The zero-order chi connectivity index (χ0) is 15.8. The highest BCUT2D eigenvalue weighted by Gasteiger charge is 2.18. The summed E-state index contributed by atoms with van der Waals surface area (Å²) >= 11 is 15.1. The van der Waals surface area contributed by atoms with E-state index in [1.807, 2.05) is 6.92 Å². The number of halogens is 3. The Kier molecular flexibility index (Phi) is 4.67. The Balaban J connectivity index is 2.42. The van der Waals surface area contributed by atoms with Crippen LogP contribution in [-0.4, -0.2) is 13.4 Å². The maximum Gasteiger partial charge on any atom is 0.263 e. The van der Waals surface area contributed by atoms with Crippen molar-refractivity contribution in [1.82, 2.24) is 4.98 Å². The minimum absolute atomic E-state index is 0.0650. The molecule has 1 aromatic carbocycles. The fourth-order valence-corrected chi connectivity index (χ4v) is 3.63. The molecule has 112 valence electrons. The van der Waals surface area contributed by atoms with E-state index in [4.69, 9.17) is 28.9 Å². The third kappa shape index (κ3) is 3.60. The summed E-state index contributed by atoms with van der Waals surface area (Å²) in [7, 11) is -3.85. The van der Waals surface area contributed by atoms with Gasteiger partial charge in [0.1, 0.15) is 10.7 Å². The molecule has 0 spiro atoms. The van der Waals surface area contributed by atoms with E-state index in [1.54, 1.807) is 6.07 Å². The van der Waals surface area contributed by atoms with Crippen LogP contribution in [-0.2, 0) is 10.0 Å². The number of aromatic nitrogens is 1. The number of nitrogens with two attached hydrogens (primary N) is 1. The first-order valence-electron chi connectivity index (χ1n) is 5.60. The largest absolute Gasteiger partial charge is 0.382 e. The second-order valence-electron chi connectivity index (χ2n) is 4.22. The maximum atomic E-state index is 12.3. The van der Waals surface area contributed by atoms with Gasteiger partial charge in [-0.15, -0.1) is 0 Å². The molecule has 1 heterocycles. The molecule has 0 bridgehead atoms. The summed E-state index contributed by atoms with van der Waals surface area (Å²) < 4.78 is 27.6. The Bertz CT molecular complexity index is 812. The van der Waals surface area contributed by atoms with Crippen molar-refractivity contribution >= 4 is 60.7 Å². The third-order valence-corrected chi connectivity index (χ3v) is 5.35. The van der Waals surface area contributed by atoms with E-state index in [9.17, 15) is 8.42 Å². The van der Waals surface area contributed by atoms with Crippen molar-refractivity contribution in [3.63, 3.8) is 0 Å². The molecule has 0 aliphatic rings. The standard InChI is InChI=1S/C12H10BrCl2N3O2S/c1-6-2-8(13)11(4-9(6)14)18-21(19,20)7-3-10(15)12(16)17-5-7/h2-5,18H,1H3,(H2,16,17). The molecule has 5 nitrogen and oxygen atoms in total. The summed E-state index contributed by atoms with van der Waals surface area (Å²) in [6.07, 6.45) is 1.13. The highest BCUT2D eigenvalue weighted by molar-refractivity contribution is 9.10. The molecular weight excluding hydrogens is 401 g/mol. The van der Waals surface area contributed by atoms with E-state index in [0.717, 1.165) is 11.8 Å². The maximum absolute atomic E-state index is 12.3. The average molecular weight is 411 g/mol. The van der Waals surface area contributed by atoms with Crippen LogP contribution in [0.4, 0.5) is 11.5 Å². The average Bonchev–Trinajstić information content (AvgIpc) is 2.39. The number of pyridine rings is 1. The van der Waals surface area contributed by atoms with Crippen LogP contribution in [0.2, 0.25) is 10.0 Å². The third-order valence-electron chi connectivity index (χ3n) is 2.65. The predicted molar refractivity (Wildman–Crippen MR) is 88.4 cm³/mol. The lowest BCUT2D eigenvalue weighted by atomic mass is 10.2. The molecule has 2 rings (SSSR count). The molecule has 0 atom stereocenters. The van der Waals surface area contributed by atoms with Crippen LogP contribution in [0.15, 0.2) is 33.8 Å². The fourth-order valence-electron chi connectivity index (χ4n) is 1.51. The fraction of sp³-hybridized carbons (Fsp3) is 0.0833. The van der Waals surface area contributed by atoms with Crippen LogP contribution in [0.5, 0.6) is 0 Å². The van der Waals surface area contributed by atoms with Gasteiger partial charge >= 0.3 is 0 Å². The Hall–Kier alpha value is -1.02. The monoisotopic (exact) mass is 409 g/mol. The number of benzene rings is 1. The van der Waals surface area contributed by atoms with Gasteiger partial charge in [-0.05, 0) is 46.6 Å². The van der Waals surface area contributed by atoms with Crippen molar-refractivity contribution < 1.29 is 8.42 Å². The van der Waals surface area contributed by atoms with Gasteiger partial charge in [0.05, 0.1) is 10.7 Å². The lowest BCUT2D eigenvalue weighted by Gasteiger charge is -2.11. The summed E-state index contributed by atoms with van der Waals surface area (Å²) in [5.74, 6) is 0.0650. The summed E-state index contributed by atoms with van der Waals surface area (Å²) in [4.78, 5) is 3.64. The van der Waals surface area contributed by atoms with Gasteiger partial charge in [-0.25, -0.2) is 13.4 Å². The van der Waals surface area contributed by atoms with Gasteiger partial charge in [-0.3, -0.25) is 4.72 Å². The highest BCUT2D eigenvalue weighted by Crippen LogP contribution is 2.31. The zero-order valence-electron chi connectivity index (χ0n) is 10.7. The van der Waals surface area contributed by atoms with Gasteiger partial charge in [0.15, 0.2) is 0 Å². The number of hydrogen-bond acceptors (Lipinski definition) is 4. The second kappa shape index (κ2) is 6.00. The molecule has 0 saturated carbocycles. The molecule has 0 amide bonds. The second-order valence-corrected chi connectivity index (χ2v) is 7.58. The Labute approximate surface area is 140 Å². The molecule has 0 aliphatic heterocycles. The van der Waals surface area contributed by atoms with Gasteiger partial charge in [-0.2, -0.15) is 0 Å². The number of aryl methyl sites for hydroxylation is 1. The van der Waals surface area contributed by atoms with Gasteiger partial charge in [0.25, 0.3) is 10.0 Å². The number of hydrogen-bond donors (Lipinski definition) is 2. The minimum Gasteiger partial charge on any atom is -0.382 e. The van der Waals surface area contributed by atoms with Crippen molar-refractivity contribution in [1.29, 1.82) is 0 Å². The highest BCUT2D eigenvalue weighted by atomic mass is 79.9. The first kappa shape index (κ1) is 16.4. The summed E-state index contributed by atoms with van der Waals surface area (Å²) in [6.45, 7) is 1.81. The van der Waals surface area contributed by atoms with E-state index >= 15 is 0 Å². The number of anilines is 2. The topological polar surface area (TPSA) is 85.1 Å². The van der Waals surface area contributed by atoms with Crippen LogP contribution in [0.3, 0.4) is 0 Å². The van der Waals surface area contributed by atoms with Crippen LogP contribution in [0, 0.1) is 6.92 Å². The molecule has 0 fully saturated rings. The molecule has 0 unspecified atom stereocenters. The smallest absolute Gasteiger partial charge is 0.263 e. The SMILES string of the molecule is Cc1cc(Br)c(NS(=O)(=O)c2cnc(N)c(Cl)c2)cc1Cl. The molecule has 3 N–H and O–H groups in total. The number of rotatable bonds is 3. The number of nitrogens with zero attached hydrogens (tertiary/aromatic N) is 1. The Morgan fingerprint density at radius 1 is 1.24 bits per heavy atom. The number of nitrogens with one attached hydrogen (secondary N) is 1. The zero-order valence-corrected chi connectivity index (χ0v) is 14.6. The first-order chi connectivity index (χ1) is 9.70. The molecule has 9 heteroatoms. The lowest BCUT2D eigenvalue weighted by Crippen LogP contribution is -2.14. The molecule has 0 saturated heterocycles. The van der Waals surface area contributed by atoms with Crippen LogP contribution in [0.25, 0.3) is 0 Å². The van der Waals surface area contributed by atoms with Crippen LogP contribution in [0.1, 0.15) is 5.56 Å². The molecule has 1 aromatic heterocycles. The number of sulfonamides is 1. The normalized spacial score (nSPS) is 11.4. The van der Waals surface area contributed by atoms with Gasteiger partial charge in [0.2, 0.25) is 0 Å². The molecule has 2 aromatic rings. The van der Waals surface area contributed by atoms with Crippen molar-refractivity contribution in [2.45, 2.75) is 11.8 Å². The van der Waals surface area contributed by atoms with Gasteiger partial charge < -0.3 is 5.73 Å². The van der Waals surface area contributed by atoms with Crippen molar-refractivity contribution in [3.8, 4) is 0 Å². The number of nitrogen functional groups attached to an aromatic ring is 1.